The Morgan fingerprint density at radius 3 is 2.33 bits per heavy atom. The Kier molecular flexibility index (Phi) is 4.06. The van der Waals surface area contributed by atoms with Crippen molar-refractivity contribution < 1.29 is 10.2 Å². The predicted molar refractivity (Wildman–Crippen MR) is 35.7 cm³/mol. The molecule has 0 aromatic carbocycles. The predicted octanol–water partition coefficient (Wildman–Crippen LogP) is 0.664. The molecule has 0 radical (unpaired) electrons. The molecule has 2 heteroatoms. The van der Waals surface area contributed by atoms with Crippen LogP contribution in [0.1, 0.15) is 13.3 Å². The van der Waals surface area contributed by atoms with Crippen molar-refractivity contribution >= 4 is 0 Å². The van der Waals surface area contributed by atoms with Gasteiger partial charge in [0.25, 0.3) is 0 Å². The Morgan fingerprint density at radius 2 is 2.22 bits per heavy atom. The molecule has 0 aromatic rings. The zero-order valence-corrected chi connectivity index (χ0v) is 5.54. The van der Waals surface area contributed by atoms with Crippen LogP contribution < -0.4 is 0 Å². The minimum atomic E-state index is -1.27. The molecule has 0 aliphatic heterocycles. The van der Waals surface area contributed by atoms with Gasteiger partial charge in [-0.05, 0) is 12.5 Å². The van der Waals surface area contributed by atoms with E-state index in [1.165, 1.54) is 0 Å². The molecule has 2 N–H and O–H groups in total. The molecule has 0 aliphatic rings. The topological polar surface area (TPSA) is 40.5 Å². The molecule has 2 nitrogen and oxygen atoms in total. The number of aliphatic hydroxyl groups excluding tert-OH is 1. The zero-order chi connectivity index (χ0) is 7.28. The molecule has 0 bridgehead atoms. The Morgan fingerprint density at radius 1 is 1.67 bits per heavy atom. The van der Waals surface area contributed by atoms with Crippen LogP contribution in [0.25, 0.3) is 0 Å². The van der Waals surface area contributed by atoms with Gasteiger partial charge in [-0.15, -0.1) is 5.73 Å². The van der Waals surface area contributed by atoms with E-state index in [1.54, 1.807) is 6.08 Å². The Labute approximate surface area is 55.1 Å². The van der Waals surface area contributed by atoms with Gasteiger partial charge in [0.1, 0.15) is 0 Å². The fourth-order valence-electron chi connectivity index (χ4n) is 0.566. The van der Waals surface area contributed by atoms with Crippen molar-refractivity contribution in [3.8, 4) is 0 Å². The molecular weight excluding hydrogens is 116 g/mol. The van der Waals surface area contributed by atoms with Gasteiger partial charge in [0, 0.05) is 5.92 Å². The molecule has 0 aromatic heterocycles. The average Bonchev–Trinajstić information content (AvgIpc) is 1.82. The molecule has 52 valence electrons. The van der Waals surface area contributed by atoms with Gasteiger partial charge in [-0.3, -0.25) is 0 Å². The first kappa shape index (κ1) is 8.44. The van der Waals surface area contributed by atoms with Crippen molar-refractivity contribution in [2.45, 2.75) is 19.6 Å². The second kappa shape index (κ2) is 4.33. The summed E-state index contributed by atoms with van der Waals surface area (Å²) in [7, 11) is 0. The van der Waals surface area contributed by atoms with Crippen LogP contribution in [-0.4, -0.2) is 16.5 Å². The number of aliphatic hydroxyl groups is 2. The van der Waals surface area contributed by atoms with E-state index in [-0.39, 0.29) is 5.92 Å². The summed E-state index contributed by atoms with van der Waals surface area (Å²) in [6.07, 6.45) is 0.981. The molecule has 0 heterocycles. The quantitative estimate of drug-likeness (QED) is 0.433. The molecule has 0 aliphatic carbocycles. The summed E-state index contributed by atoms with van der Waals surface area (Å²) in [6, 6.07) is 0. The van der Waals surface area contributed by atoms with Gasteiger partial charge < -0.3 is 10.2 Å². The molecule has 9 heavy (non-hydrogen) atoms. The summed E-state index contributed by atoms with van der Waals surface area (Å²) < 4.78 is 0. The lowest BCUT2D eigenvalue weighted by atomic mass is 10.1. The normalized spacial score (nSPS) is 12.9. The smallest absolute Gasteiger partial charge is 0.158 e. The van der Waals surface area contributed by atoms with Crippen LogP contribution in [-0.2, 0) is 0 Å². The molecule has 0 saturated carbocycles. The van der Waals surface area contributed by atoms with Gasteiger partial charge in [-0.2, -0.15) is 0 Å². The van der Waals surface area contributed by atoms with Crippen molar-refractivity contribution in [1.82, 2.24) is 0 Å². The molecule has 0 rings (SSSR count). The Balaban J connectivity index is 3.82. The maximum atomic E-state index is 8.60. The van der Waals surface area contributed by atoms with Crippen molar-refractivity contribution in [3.63, 3.8) is 0 Å². The van der Waals surface area contributed by atoms with E-state index >= 15 is 0 Å². The second-order valence-electron chi connectivity index (χ2n) is 1.86. The summed E-state index contributed by atoms with van der Waals surface area (Å²) in [4.78, 5) is 0. The van der Waals surface area contributed by atoms with Crippen molar-refractivity contribution in [2.24, 2.45) is 5.92 Å². The summed E-state index contributed by atoms with van der Waals surface area (Å²) >= 11 is 0. The van der Waals surface area contributed by atoms with E-state index in [0.717, 1.165) is 0 Å². The molecule has 0 saturated heterocycles. The van der Waals surface area contributed by atoms with Crippen molar-refractivity contribution in [2.75, 3.05) is 0 Å². The molecule has 0 fully saturated rings. The fraction of sp³-hybridized carbons (Fsp3) is 0.571. The number of hydrogen-bond donors (Lipinski definition) is 2. The molecule has 1 unspecified atom stereocenters. The molecule has 0 spiro atoms. The van der Waals surface area contributed by atoms with E-state index in [1.807, 2.05) is 6.92 Å². The van der Waals surface area contributed by atoms with Crippen LogP contribution in [0.5, 0.6) is 0 Å². The molecule has 0 amide bonds. The lowest BCUT2D eigenvalue weighted by Crippen LogP contribution is -2.15. The van der Waals surface area contributed by atoms with E-state index in [2.05, 4.69) is 12.3 Å². The first-order chi connectivity index (χ1) is 4.22. The van der Waals surface area contributed by atoms with Crippen LogP contribution >= 0.6 is 0 Å². The van der Waals surface area contributed by atoms with Gasteiger partial charge in [-0.25, -0.2) is 0 Å². The van der Waals surface area contributed by atoms with Gasteiger partial charge in [0.2, 0.25) is 0 Å². The average molecular weight is 128 g/mol. The minimum Gasteiger partial charge on any atom is -0.368 e. The maximum absolute atomic E-state index is 8.60. The van der Waals surface area contributed by atoms with E-state index in [4.69, 9.17) is 10.2 Å². The Hall–Kier alpha value is -0.560. The first-order valence-electron chi connectivity index (χ1n) is 2.94. The standard InChI is InChI=1S/C7H12O2/c1-3-5-6(4-2)7(8)9/h5-9H,1,4H2,2H3. The largest absolute Gasteiger partial charge is 0.368 e. The lowest BCUT2D eigenvalue weighted by molar-refractivity contribution is -0.0706. The minimum absolute atomic E-state index is 0.220. The maximum Gasteiger partial charge on any atom is 0.158 e. The van der Waals surface area contributed by atoms with Crippen LogP contribution in [0.15, 0.2) is 18.4 Å². The van der Waals surface area contributed by atoms with Gasteiger partial charge >= 0.3 is 0 Å². The third-order valence-electron chi connectivity index (χ3n) is 1.19. The van der Waals surface area contributed by atoms with Gasteiger partial charge in [0.05, 0.1) is 0 Å². The second-order valence-corrected chi connectivity index (χ2v) is 1.86. The summed E-state index contributed by atoms with van der Waals surface area (Å²) in [5, 5.41) is 17.2. The lowest BCUT2D eigenvalue weighted by Gasteiger charge is -2.09. The van der Waals surface area contributed by atoms with E-state index in [9.17, 15) is 0 Å². The molecular formula is C7H12O2. The van der Waals surface area contributed by atoms with Gasteiger partial charge in [0.15, 0.2) is 6.29 Å². The highest BCUT2D eigenvalue weighted by Crippen LogP contribution is 2.06. The fourth-order valence-corrected chi connectivity index (χ4v) is 0.566. The number of rotatable bonds is 3. The monoisotopic (exact) mass is 128 g/mol. The highest BCUT2D eigenvalue weighted by atomic mass is 16.5. The van der Waals surface area contributed by atoms with Crippen molar-refractivity contribution in [1.29, 1.82) is 0 Å². The van der Waals surface area contributed by atoms with Gasteiger partial charge in [-0.1, -0.05) is 13.5 Å². The molecule has 1 atom stereocenters. The van der Waals surface area contributed by atoms with Crippen LogP contribution in [0, 0.1) is 5.92 Å². The first-order valence-corrected chi connectivity index (χ1v) is 2.94. The van der Waals surface area contributed by atoms with Crippen molar-refractivity contribution in [3.05, 3.63) is 18.4 Å². The van der Waals surface area contributed by atoms with E-state index in [0.29, 0.717) is 6.42 Å². The zero-order valence-electron chi connectivity index (χ0n) is 5.54. The third-order valence-corrected chi connectivity index (χ3v) is 1.19. The summed E-state index contributed by atoms with van der Waals surface area (Å²) in [5.41, 5.74) is 2.51. The van der Waals surface area contributed by atoms with Crippen LogP contribution in [0.3, 0.4) is 0 Å². The van der Waals surface area contributed by atoms with Crippen LogP contribution in [0.2, 0.25) is 0 Å². The third kappa shape index (κ3) is 3.09. The van der Waals surface area contributed by atoms with E-state index < -0.39 is 6.29 Å². The number of hydrogen-bond acceptors (Lipinski definition) is 2. The Bertz CT molecular complexity index is 112. The SMILES string of the molecule is C=C=CC(CC)C(O)O. The highest BCUT2D eigenvalue weighted by molar-refractivity contribution is 4.84. The van der Waals surface area contributed by atoms with Crippen LogP contribution in [0.4, 0.5) is 0 Å². The summed E-state index contributed by atoms with van der Waals surface area (Å²) in [5.74, 6) is -0.220. The highest BCUT2D eigenvalue weighted by Gasteiger charge is 2.08. The summed E-state index contributed by atoms with van der Waals surface area (Å²) in [6.45, 7) is 5.20.